The van der Waals surface area contributed by atoms with Gasteiger partial charge >= 0.3 is 0 Å². The van der Waals surface area contributed by atoms with Crippen molar-refractivity contribution in [3.8, 4) is 0 Å². The second kappa shape index (κ2) is 5.38. The summed E-state index contributed by atoms with van der Waals surface area (Å²) in [4.78, 5) is 16.9. The summed E-state index contributed by atoms with van der Waals surface area (Å²) in [5.41, 5.74) is 0.780. The highest BCUT2D eigenvalue weighted by Crippen LogP contribution is 2.20. The molecule has 2 aromatic rings. The van der Waals surface area contributed by atoms with Crippen molar-refractivity contribution in [2.24, 2.45) is 0 Å². The number of para-hydroxylation sites is 1. The smallest absolute Gasteiger partial charge is 0.211 e. The predicted octanol–water partition coefficient (Wildman–Crippen LogP) is 2.25. The number of nitrogens with zero attached hydrogens (tertiary/aromatic N) is 2. The first-order valence-corrected chi connectivity index (χ1v) is 7.08. The van der Waals surface area contributed by atoms with E-state index in [4.69, 9.17) is 4.42 Å². The Morgan fingerprint density at radius 3 is 2.90 bits per heavy atom. The van der Waals surface area contributed by atoms with E-state index in [0.717, 1.165) is 30.6 Å². The number of likely N-dealkylation sites (N-methyl/N-ethyl adjacent to an activating group) is 1. The lowest BCUT2D eigenvalue weighted by Gasteiger charge is -2.37. The summed E-state index contributed by atoms with van der Waals surface area (Å²) in [7, 11) is 2.12. The molecule has 3 rings (SSSR count). The Kier molecular flexibility index (Phi) is 3.59. The van der Waals surface area contributed by atoms with Crippen LogP contribution in [0.15, 0.2) is 34.7 Å². The molecule has 1 aliphatic heterocycles. The Bertz CT molecular complexity index is 587. The van der Waals surface area contributed by atoms with E-state index < -0.39 is 0 Å². The highest BCUT2D eigenvalue weighted by molar-refractivity contribution is 5.98. The molecule has 0 saturated carbocycles. The first kappa shape index (κ1) is 13.3. The molecule has 2 heterocycles. The number of benzene rings is 1. The third-order valence-corrected chi connectivity index (χ3v) is 4.02. The van der Waals surface area contributed by atoms with E-state index >= 15 is 0 Å². The minimum atomic E-state index is 0.0672. The molecule has 0 amide bonds. The van der Waals surface area contributed by atoms with E-state index in [1.807, 2.05) is 30.3 Å². The van der Waals surface area contributed by atoms with Crippen LogP contribution in [0.3, 0.4) is 0 Å². The molecule has 1 unspecified atom stereocenters. The van der Waals surface area contributed by atoms with Gasteiger partial charge in [0.1, 0.15) is 5.58 Å². The van der Waals surface area contributed by atoms with Crippen molar-refractivity contribution in [3.63, 3.8) is 0 Å². The zero-order chi connectivity index (χ0) is 14.1. The Labute approximate surface area is 119 Å². The number of ketones is 1. The molecular weight excluding hydrogens is 252 g/mol. The Balaban J connectivity index is 1.72. The third-order valence-electron chi connectivity index (χ3n) is 4.02. The SMILES string of the molecule is CC1CN(C)CCN1CC(=O)c1cc2ccccc2o1. The monoisotopic (exact) mass is 272 g/mol. The number of carbonyl (C=O) groups excluding carboxylic acids is 1. The van der Waals surface area contributed by atoms with Crippen molar-refractivity contribution < 1.29 is 9.21 Å². The van der Waals surface area contributed by atoms with Gasteiger partial charge < -0.3 is 9.32 Å². The number of Topliss-reactive ketones (excluding diaryl/α,β-unsaturated/α-hetero) is 1. The van der Waals surface area contributed by atoms with Crippen LogP contribution in [-0.4, -0.2) is 54.9 Å². The second-order valence-electron chi connectivity index (χ2n) is 5.65. The lowest BCUT2D eigenvalue weighted by Crippen LogP contribution is -2.51. The minimum absolute atomic E-state index is 0.0672. The van der Waals surface area contributed by atoms with E-state index in [9.17, 15) is 4.79 Å². The second-order valence-corrected chi connectivity index (χ2v) is 5.65. The Hall–Kier alpha value is -1.65. The molecule has 0 N–H and O–H groups in total. The molecule has 1 aromatic carbocycles. The quantitative estimate of drug-likeness (QED) is 0.803. The van der Waals surface area contributed by atoms with Crippen molar-refractivity contribution >= 4 is 16.8 Å². The number of rotatable bonds is 3. The lowest BCUT2D eigenvalue weighted by molar-refractivity contribution is 0.0727. The van der Waals surface area contributed by atoms with Crippen molar-refractivity contribution in [2.45, 2.75) is 13.0 Å². The summed E-state index contributed by atoms with van der Waals surface area (Å²) in [5, 5.41) is 0.988. The highest BCUT2D eigenvalue weighted by atomic mass is 16.3. The molecule has 0 radical (unpaired) electrons. The Morgan fingerprint density at radius 2 is 2.15 bits per heavy atom. The number of hydrogen-bond acceptors (Lipinski definition) is 4. The average molecular weight is 272 g/mol. The molecule has 1 aromatic heterocycles. The van der Waals surface area contributed by atoms with E-state index in [0.29, 0.717) is 18.3 Å². The maximum Gasteiger partial charge on any atom is 0.211 e. The number of piperazine rings is 1. The standard InChI is InChI=1S/C16H20N2O2/c1-12-10-17(2)7-8-18(12)11-14(19)16-9-13-5-3-4-6-15(13)20-16/h3-6,9,12H,7-8,10-11H2,1-2H3. The molecule has 1 aliphatic rings. The van der Waals surface area contributed by atoms with E-state index in [-0.39, 0.29) is 5.78 Å². The van der Waals surface area contributed by atoms with Crippen LogP contribution in [0.1, 0.15) is 17.5 Å². The van der Waals surface area contributed by atoms with Gasteiger partial charge in [-0.3, -0.25) is 9.69 Å². The summed E-state index contributed by atoms with van der Waals surface area (Å²) >= 11 is 0. The predicted molar refractivity (Wildman–Crippen MR) is 79.1 cm³/mol. The van der Waals surface area contributed by atoms with Gasteiger partial charge in [-0.2, -0.15) is 0 Å². The first-order valence-electron chi connectivity index (χ1n) is 7.08. The maximum atomic E-state index is 12.4. The van der Waals surface area contributed by atoms with Crippen LogP contribution in [0.4, 0.5) is 0 Å². The maximum absolute atomic E-state index is 12.4. The number of fused-ring (bicyclic) bond motifs is 1. The molecule has 4 nitrogen and oxygen atoms in total. The molecule has 4 heteroatoms. The molecule has 0 bridgehead atoms. The molecule has 20 heavy (non-hydrogen) atoms. The van der Waals surface area contributed by atoms with Crippen molar-refractivity contribution in [2.75, 3.05) is 33.2 Å². The van der Waals surface area contributed by atoms with Gasteiger partial charge in [0, 0.05) is 31.1 Å². The molecule has 106 valence electrons. The van der Waals surface area contributed by atoms with Gasteiger partial charge in [0.2, 0.25) is 5.78 Å². The summed E-state index contributed by atoms with van der Waals surface area (Å²) < 4.78 is 5.64. The van der Waals surface area contributed by atoms with E-state index in [1.54, 1.807) is 0 Å². The number of carbonyl (C=O) groups is 1. The van der Waals surface area contributed by atoms with Gasteiger partial charge in [-0.15, -0.1) is 0 Å². The van der Waals surface area contributed by atoms with E-state index in [2.05, 4.69) is 23.8 Å². The molecule has 1 fully saturated rings. The fraction of sp³-hybridized carbons (Fsp3) is 0.438. The summed E-state index contributed by atoms with van der Waals surface area (Å²) in [6, 6.07) is 9.98. The average Bonchev–Trinajstić information content (AvgIpc) is 2.86. The normalized spacial score (nSPS) is 21.4. The number of hydrogen-bond donors (Lipinski definition) is 0. The molecule has 0 aliphatic carbocycles. The minimum Gasteiger partial charge on any atom is -0.453 e. The zero-order valence-electron chi connectivity index (χ0n) is 12.0. The van der Waals surface area contributed by atoms with Crippen LogP contribution in [0, 0.1) is 0 Å². The van der Waals surface area contributed by atoms with Gasteiger partial charge in [0.15, 0.2) is 5.76 Å². The largest absolute Gasteiger partial charge is 0.453 e. The molecule has 1 saturated heterocycles. The zero-order valence-corrected chi connectivity index (χ0v) is 12.0. The van der Waals surface area contributed by atoms with Crippen LogP contribution in [0.5, 0.6) is 0 Å². The van der Waals surface area contributed by atoms with Crippen LogP contribution in [0.25, 0.3) is 11.0 Å². The van der Waals surface area contributed by atoms with Crippen molar-refractivity contribution in [1.29, 1.82) is 0 Å². The van der Waals surface area contributed by atoms with Crippen LogP contribution in [-0.2, 0) is 0 Å². The third kappa shape index (κ3) is 2.62. The van der Waals surface area contributed by atoms with Gasteiger partial charge in [0.25, 0.3) is 0 Å². The molecule has 1 atom stereocenters. The van der Waals surface area contributed by atoms with Gasteiger partial charge in [-0.25, -0.2) is 0 Å². The topological polar surface area (TPSA) is 36.7 Å². The van der Waals surface area contributed by atoms with Crippen LogP contribution < -0.4 is 0 Å². The fourth-order valence-electron chi connectivity index (χ4n) is 2.79. The Morgan fingerprint density at radius 1 is 1.35 bits per heavy atom. The van der Waals surface area contributed by atoms with E-state index in [1.165, 1.54) is 0 Å². The summed E-state index contributed by atoms with van der Waals surface area (Å²) in [6.07, 6.45) is 0. The number of furan rings is 1. The van der Waals surface area contributed by atoms with Gasteiger partial charge in [0.05, 0.1) is 6.54 Å². The summed E-state index contributed by atoms with van der Waals surface area (Å²) in [5.74, 6) is 0.537. The highest BCUT2D eigenvalue weighted by Gasteiger charge is 2.24. The molecular formula is C16H20N2O2. The fourth-order valence-corrected chi connectivity index (χ4v) is 2.79. The molecule has 0 spiro atoms. The van der Waals surface area contributed by atoms with Crippen LogP contribution >= 0.6 is 0 Å². The lowest BCUT2D eigenvalue weighted by atomic mass is 10.1. The van der Waals surface area contributed by atoms with Crippen molar-refractivity contribution in [3.05, 3.63) is 36.1 Å². The summed E-state index contributed by atoms with van der Waals surface area (Å²) in [6.45, 7) is 5.56. The first-order chi connectivity index (χ1) is 9.63. The van der Waals surface area contributed by atoms with Crippen molar-refractivity contribution in [1.82, 2.24) is 9.80 Å². The van der Waals surface area contributed by atoms with Gasteiger partial charge in [-0.05, 0) is 26.1 Å². The van der Waals surface area contributed by atoms with Gasteiger partial charge in [-0.1, -0.05) is 18.2 Å². The van der Waals surface area contributed by atoms with Crippen LogP contribution in [0.2, 0.25) is 0 Å².